The van der Waals surface area contributed by atoms with Gasteiger partial charge in [0, 0.05) is 14.5 Å². The van der Waals surface area contributed by atoms with E-state index in [1.807, 2.05) is 36.4 Å². The zero-order chi connectivity index (χ0) is 28.2. The van der Waals surface area contributed by atoms with Crippen LogP contribution in [0.25, 0.3) is 32.9 Å². The highest BCUT2D eigenvalue weighted by atomic mass is 127. The monoisotopic (exact) mass is 648 g/mol. The molecule has 1 amide bonds. The van der Waals surface area contributed by atoms with Crippen molar-refractivity contribution in [3.63, 3.8) is 0 Å². The third kappa shape index (κ3) is 5.68. The molecule has 0 aliphatic rings. The predicted octanol–water partition coefficient (Wildman–Crippen LogP) is 6.02. The second-order valence-corrected chi connectivity index (χ2v) is 10.6. The number of aliphatic hydroxyl groups is 1. The van der Waals surface area contributed by atoms with Crippen molar-refractivity contribution in [2.45, 2.75) is 12.5 Å². The first-order valence-corrected chi connectivity index (χ1v) is 13.8. The number of aliphatic hydroxyl groups excluding tert-OH is 1. The van der Waals surface area contributed by atoms with Gasteiger partial charge in [0.25, 0.3) is 5.91 Å². The lowest BCUT2D eigenvalue weighted by Crippen LogP contribution is -2.39. The van der Waals surface area contributed by atoms with Crippen molar-refractivity contribution in [1.29, 1.82) is 0 Å². The van der Waals surface area contributed by atoms with E-state index in [1.54, 1.807) is 39.5 Å². The largest absolute Gasteiger partial charge is 0.493 e. The molecule has 2 N–H and O–H groups in total. The number of carbonyl (C=O) groups excluding carboxylic acids is 1. The molecule has 0 unspecified atom stereocenters. The SMILES string of the molecule is COc1cc(-c2cc(C(=O)N[C@@H](CO)Cc3ccc4ccccc4c3)c3cc(I)ccc3n2)cc(OC)c1OC. The van der Waals surface area contributed by atoms with Gasteiger partial charge in [0.2, 0.25) is 5.75 Å². The summed E-state index contributed by atoms with van der Waals surface area (Å²) in [5, 5.41) is 16.2. The lowest BCUT2D eigenvalue weighted by atomic mass is 10.0. The lowest BCUT2D eigenvalue weighted by molar-refractivity contribution is 0.0918. The third-order valence-electron chi connectivity index (χ3n) is 6.83. The third-order valence-corrected chi connectivity index (χ3v) is 7.50. The first kappa shape index (κ1) is 27.7. The number of rotatable bonds is 9. The molecule has 5 aromatic rings. The molecule has 1 atom stereocenters. The molecular weight excluding hydrogens is 619 g/mol. The summed E-state index contributed by atoms with van der Waals surface area (Å²) in [5.74, 6) is 1.16. The first-order chi connectivity index (χ1) is 19.4. The van der Waals surface area contributed by atoms with Gasteiger partial charge < -0.3 is 24.6 Å². The Morgan fingerprint density at radius 1 is 0.900 bits per heavy atom. The molecule has 0 bridgehead atoms. The second kappa shape index (κ2) is 12.1. The maximum atomic E-state index is 13.8. The molecule has 0 saturated carbocycles. The van der Waals surface area contributed by atoms with Gasteiger partial charge >= 0.3 is 0 Å². The molecule has 0 aliphatic carbocycles. The van der Waals surface area contributed by atoms with Crippen LogP contribution < -0.4 is 19.5 Å². The van der Waals surface area contributed by atoms with E-state index < -0.39 is 6.04 Å². The van der Waals surface area contributed by atoms with E-state index in [-0.39, 0.29) is 12.5 Å². The van der Waals surface area contributed by atoms with Crippen LogP contribution in [-0.4, -0.2) is 50.0 Å². The maximum Gasteiger partial charge on any atom is 0.252 e. The number of pyridine rings is 1. The number of fused-ring (bicyclic) bond motifs is 2. The Morgan fingerprint density at radius 3 is 2.30 bits per heavy atom. The van der Waals surface area contributed by atoms with Crippen molar-refractivity contribution in [3.05, 3.63) is 93.6 Å². The normalized spacial score (nSPS) is 11.8. The zero-order valence-electron chi connectivity index (χ0n) is 22.4. The number of nitrogens with one attached hydrogen (secondary N) is 1. The Balaban J connectivity index is 1.52. The first-order valence-electron chi connectivity index (χ1n) is 12.7. The van der Waals surface area contributed by atoms with Crippen LogP contribution >= 0.6 is 22.6 Å². The van der Waals surface area contributed by atoms with Crippen molar-refractivity contribution in [1.82, 2.24) is 10.3 Å². The average molecular weight is 648 g/mol. The van der Waals surface area contributed by atoms with E-state index >= 15 is 0 Å². The summed E-state index contributed by atoms with van der Waals surface area (Å²) in [7, 11) is 4.66. The van der Waals surface area contributed by atoms with E-state index in [1.165, 1.54) is 0 Å². The molecule has 204 valence electrons. The summed E-state index contributed by atoms with van der Waals surface area (Å²) >= 11 is 2.22. The average Bonchev–Trinajstić information content (AvgIpc) is 2.99. The van der Waals surface area contributed by atoms with Crippen molar-refractivity contribution in [2.24, 2.45) is 0 Å². The molecule has 4 aromatic carbocycles. The predicted molar refractivity (Wildman–Crippen MR) is 166 cm³/mol. The molecule has 0 saturated heterocycles. The number of hydrogen-bond donors (Lipinski definition) is 2. The van der Waals surface area contributed by atoms with Gasteiger partial charge in [-0.1, -0.05) is 42.5 Å². The fourth-order valence-corrected chi connectivity index (χ4v) is 5.33. The fourth-order valence-electron chi connectivity index (χ4n) is 4.84. The minimum absolute atomic E-state index is 0.196. The van der Waals surface area contributed by atoms with Crippen LogP contribution in [0, 0.1) is 3.57 Å². The molecular formula is C32H29IN2O5. The smallest absolute Gasteiger partial charge is 0.252 e. The Morgan fingerprint density at radius 2 is 1.62 bits per heavy atom. The van der Waals surface area contributed by atoms with Gasteiger partial charge in [-0.15, -0.1) is 0 Å². The summed E-state index contributed by atoms with van der Waals surface area (Å²) in [5.41, 5.74) is 3.45. The van der Waals surface area contributed by atoms with Crippen molar-refractivity contribution in [3.8, 4) is 28.5 Å². The van der Waals surface area contributed by atoms with Crippen LogP contribution in [-0.2, 0) is 6.42 Å². The lowest BCUT2D eigenvalue weighted by Gasteiger charge is -2.19. The number of halogens is 1. The van der Waals surface area contributed by atoms with Gasteiger partial charge in [-0.05, 0) is 81.7 Å². The standard InChI is InChI=1S/C32H29IN2O5/c1-38-29-14-22(15-30(39-2)31(29)40-3)28-17-26(25-16-23(33)10-11-27(25)35-28)32(37)34-24(18-36)13-19-8-9-20-6-4-5-7-21(20)12-19/h4-12,14-17,24,36H,13,18H2,1-3H3,(H,34,37)/t24-/m1/s1. The molecule has 7 nitrogen and oxygen atoms in total. The van der Waals surface area contributed by atoms with E-state index in [2.05, 4.69) is 52.2 Å². The minimum atomic E-state index is -0.468. The minimum Gasteiger partial charge on any atom is -0.493 e. The number of aromatic nitrogens is 1. The zero-order valence-corrected chi connectivity index (χ0v) is 24.6. The molecule has 5 rings (SSSR count). The summed E-state index contributed by atoms with van der Waals surface area (Å²) < 4.78 is 17.5. The highest BCUT2D eigenvalue weighted by Crippen LogP contribution is 2.41. The number of ether oxygens (including phenoxy) is 3. The van der Waals surface area contributed by atoms with Crippen molar-refractivity contribution in [2.75, 3.05) is 27.9 Å². The maximum absolute atomic E-state index is 13.8. The van der Waals surface area contributed by atoms with Gasteiger partial charge in [0.15, 0.2) is 11.5 Å². The number of benzene rings is 4. The van der Waals surface area contributed by atoms with E-state index in [4.69, 9.17) is 19.2 Å². The molecule has 0 fully saturated rings. The molecule has 0 spiro atoms. The number of nitrogens with zero attached hydrogens (tertiary/aromatic N) is 1. The van der Waals surface area contributed by atoms with Crippen LogP contribution in [0.2, 0.25) is 0 Å². The molecule has 1 aromatic heterocycles. The topological polar surface area (TPSA) is 89.9 Å². The summed E-state index contributed by atoms with van der Waals surface area (Å²) in [4.78, 5) is 18.6. The number of amides is 1. The Labute approximate surface area is 246 Å². The highest BCUT2D eigenvalue weighted by Gasteiger charge is 2.20. The summed E-state index contributed by atoms with van der Waals surface area (Å²) in [6, 6.07) is 25.0. The van der Waals surface area contributed by atoms with E-state index in [9.17, 15) is 9.90 Å². The number of carbonyl (C=O) groups is 1. The quantitative estimate of drug-likeness (QED) is 0.190. The van der Waals surface area contributed by atoms with Gasteiger partial charge in [-0.3, -0.25) is 4.79 Å². The second-order valence-electron chi connectivity index (χ2n) is 9.37. The fraction of sp³-hybridized carbons (Fsp3) is 0.188. The molecule has 0 radical (unpaired) electrons. The molecule has 0 aliphatic heterocycles. The van der Waals surface area contributed by atoms with Gasteiger partial charge in [-0.25, -0.2) is 4.98 Å². The summed E-state index contributed by atoms with van der Waals surface area (Å²) in [6.07, 6.45) is 0.493. The highest BCUT2D eigenvalue weighted by molar-refractivity contribution is 14.1. The molecule has 40 heavy (non-hydrogen) atoms. The summed E-state index contributed by atoms with van der Waals surface area (Å²) in [6.45, 7) is -0.196. The van der Waals surface area contributed by atoms with Crippen LogP contribution in [0.5, 0.6) is 17.2 Å². The van der Waals surface area contributed by atoms with Crippen LogP contribution in [0.3, 0.4) is 0 Å². The van der Waals surface area contributed by atoms with E-state index in [0.29, 0.717) is 46.0 Å². The Bertz CT molecular complexity index is 1680. The van der Waals surface area contributed by atoms with Crippen LogP contribution in [0.4, 0.5) is 0 Å². The van der Waals surface area contributed by atoms with Crippen LogP contribution in [0.15, 0.2) is 78.9 Å². The van der Waals surface area contributed by atoms with Gasteiger partial charge in [0.1, 0.15) is 0 Å². The van der Waals surface area contributed by atoms with Gasteiger partial charge in [-0.2, -0.15) is 0 Å². The van der Waals surface area contributed by atoms with Crippen LogP contribution in [0.1, 0.15) is 15.9 Å². The van der Waals surface area contributed by atoms with E-state index in [0.717, 1.165) is 25.3 Å². The number of hydrogen-bond acceptors (Lipinski definition) is 6. The number of methoxy groups -OCH3 is 3. The van der Waals surface area contributed by atoms with Crippen molar-refractivity contribution < 1.29 is 24.1 Å². The Hall–Kier alpha value is -3.89. The molecule has 1 heterocycles. The van der Waals surface area contributed by atoms with Gasteiger partial charge in [0.05, 0.1) is 50.8 Å². The molecule has 8 heteroatoms. The van der Waals surface area contributed by atoms with Crippen molar-refractivity contribution >= 4 is 50.2 Å². The Kier molecular flexibility index (Phi) is 8.37.